The third-order valence-corrected chi connectivity index (χ3v) is 9.39. The van der Waals surface area contributed by atoms with Crippen LogP contribution in [0, 0.1) is 12.3 Å². The first-order chi connectivity index (χ1) is 19.9. The zero-order valence-electron chi connectivity index (χ0n) is 25.6. The van der Waals surface area contributed by atoms with Gasteiger partial charge in [-0.1, -0.05) is 86.6 Å². The van der Waals surface area contributed by atoms with Crippen molar-refractivity contribution in [2.45, 2.75) is 110 Å². The molecule has 0 spiro atoms. The highest BCUT2D eigenvalue weighted by Crippen LogP contribution is 2.29. The number of carbonyl (C=O) groups excluding carboxylic acids is 3. The molecule has 1 aromatic heterocycles. The molecule has 0 saturated carbocycles. The number of β-amino-alcohol motifs (C(OH)–C–C–N with tert-alkyl or cyclic N) is 1. The van der Waals surface area contributed by atoms with Crippen LogP contribution in [0.1, 0.15) is 96.4 Å². The summed E-state index contributed by atoms with van der Waals surface area (Å²) in [6.45, 7) is 9.66. The van der Waals surface area contributed by atoms with Crippen LogP contribution >= 0.6 is 27.3 Å². The number of aromatic nitrogens is 1. The molecule has 4 atom stereocenters. The summed E-state index contributed by atoms with van der Waals surface area (Å²) in [4.78, 5) is 47.0. The third kappa shape index (κ3) is 9.61. The number of alkyl halides is 1. The largest absolute Gasteiger partial charge is 0.391 e. The summed E-state index contributed by atoms with van der Waals surface area (Å²) >= 11 is 5.04. The monoisotopic (exact) mass is 662 g/mol. The molecule has 1 saturated heterocycles. The highest BCUT2D eigenvalue weighted by molar-refractivity contribution is 9.09. The standard InChI is InChI=1S/C32H47BrN4O4S/c1-21(23-13-15-24(16-14-23)28-22(2)34-20-42-28)35-30(40)26-18-25(38)19-37(26)31(41)29(32(3,4)5)36-27(39)12-10-8-6-7-9-11-17-33/h13-16,20-21,25-26,29,38H,6-12,17-19H2,1-5H3,(H,35,40)(H,36,39)/t21-,25+,26-,29+/m0/s1. The summed E-state index contributed by atoms with van der Waals surface area (Å²) in [5.41, 5.74) is 4.26. The second kappa shape index (κ2) is 16.0. The van der Waals surface area contributed by atoms with Crippen molar-refractivity contribution in [1.82, 2.24) is 20.5 Å². The molecule has 0 unspecified atom stereocenters. The van der Waals surface area contributed by atoms with Crippen LogP contribution < -0.4 is 10.6 Å². The molecule has 10 heteroatoms. The maximum Gasteiger partial charge on any atom is 0.246 e. The number of unbranched alkanes of at least 4 members (excludes halogenated alkanes) is 5. The zero-order chi connectivity index (χ0) is 30.9. The molecule has 3 amide bonds. The highest BCUT2D eigenvalue weighted by Gasteiger charge is 2.44. The van der Waals surface area contributed by atoms with Crippen molar-refractivity contribution in [3.8, 4) is 10.4 Å². The van der Waals surface area contributed by atoms with Crippen LogP contribution in [0.3, 0.4) is 0 Å². The normalized spacial score (nSPS) is 18.5. The van der Waals surface area contributed by atoms with Crippen molar-refractivity contribution >= 4 is 45.0 Å². The Morgan fingerprint density at radius 2 is 1.71 bits per heavy atom. The second-order valence-corrected chi connectivity index (χ2v) is 14.1. The van der Waals surface area contributed by atoms with Gasteiger partial charge in [0.2, 0.25) is 17.7 Å². The quantitative estimate of drug-likeness (QED) is 0.172. The third-order valence-electron chi connectivity index (χ3n) is 7.85. The van der Waals surface area contributed by atoms with Gasteiger partial charge in [0, 0.05) is 24.7 Å². The number of carbonyl (C=O) groups is 3. The minimum atomic E-state index is -0.810. The van der Waals surface area contributed by atoms with Gasteiger partial charge in [-0.15, -0.1) is 11.3 Å². The predicted octanol–water partition coefficient (Wildman–Crippen LogP) is 5.91. The molecule has 42 heavy (non-hydrogen) atoms. The van der Waals surface area contributed by atoms with Crippen LogP contribution in [-0.4, -0.2) is 62.8 Å². The topological polar surface area (TPSA) is 112 Å². The Morgan fingerprint density at radius 3 is 2.31 bits per heavy atom. The van der Waals surface area contributed by atoms with E-state index in [-0.39, 0.29) is 36.7 Å². The van der Waals surface area contributed by atoms with Crippen LogP contribution in [-0.2, 0) is 14.4 Å². The summed E-state index contributed by atoms with van der Waals surface area (Å²) < 4.78 is 0. The van der Waals surface area contributed by atoms with Crippen molar-refractivity contribution in [2.24, 2.45) is 5.41 Å². The molecular weight excluding hydrogens is 616 g/mol. The molecule has 0 aliphatic carbocycles. The smallest absolute Gasteiger partial charge is 0.246 e. The van der Waals surface area contributed by atoms with E-state index >= 15 is 0 Å². The maximum absolute atomic E-state index is 13.8. The fourth-order valence-corrected chi connectivity index (χ4v) is 6.54. The number of rotatable bonds is 14. The van der Waals surface area contributed by atoms with Gasteiger partial charge < -0.3 is 20.6 Å². The number of hydrogen-bond acceptors (Lipinski definition) is 6. The Hall–Kier alpha value is -2.30. The van der Waals surface area contributed by atoms with E-state index in [1.165, 1.54) is 17.7 Å². The van der Waals surface area contributed by atoms with Crippen molar-refractivity contribution in [2.75, 3.05) is 11.9 Å². The minimum Gasteiger partial charge on any atom is -0.391 e. The first-order valence-corrected chi connectivity index (χ1v) is 17.1. The molecular formula is C32H47BrN4O4S. The Kier molecular flexibility index (Phi) is 13.0. The summed E-state index contributed by atoms with van der Waals surface area (Å²) in [5.74, 6) is -0.803. The molecule has 0 bridgehead atoms. The lowest BCUT2D eigenvalue weighted by Crippen LogP contribution is -2.57. The molecule has 232 valence electrons. The number of thiazole rings is 1. The van der Waals surface area contributed by atoms with E-state index < -0.39 is 23.6 Å². The predicted molar refractivity (Wildman–Crippen MR) is 172 cm³/mol. The molecule has 2 heterocycles. The van der Waals surface area contributed by atoms with Crippen molar-refractivity contribution in [1.29, 1.82) is 0 Å². The lowest BCUT2D eigenvalue weighted by molar-refractivity contribution is -0.144. The molecule has 1 aromatic carbocycles. The average Bonchev–Trinajstić information content (AvgIpc) is 3.55. The van der Waals surface area contributed by atoms with Crippen LogP contribution in [0.15, 0.2) is 29.8 Å². The Balaban J connectivity index is 1.61. The zero-order valence-corrected chi connectivity index (χ0v) is 28.0. The molecule has 8 nitrogen and oxygen atoms in total. The number of halogens is 1. The van der Waals surface area contributed by atoms with Gasteiger partial charge in [0.25, 0.3) is 0 Å². The van der Waals surface area contributed by atoms with E-state index in [0.29, 0.717) is 6.42 Å². The molecule has 1 fully saturated rings. The minimum absolute atomic E-state index is 0.0606. The molecule has 3 rings (SSSR count). The van der Waals surface area contributed by atoms with Gasteiger partial charge in [0.05, 0.1) is 28.2 Å². The average molecular weight is 664 g/mol. The summed E-state index contributed by atoms with van der Waals surface area (Å²) in [6.07, 6.45) is 6.09. The van der Waals surface area contributed by atoms with E-state index in [1.54, 1.807) is 11.3 Å². The van der Waals surface area contributed by atoms with E-state index in [0.717, 1.165) is 52.7 Å². The number of aliphatic hydroxyl groups excluding tert-OH is 1. The Labute approximate surface area is 263 Å². The highest BCUT2D eigenvalue weighted by atomic mass is 79.9. The van der Waals surface area contributed by atoms with Gasteiger partial charge in [-0.05, 0) is 43.2 Å². The summed E-state index contributed by atoms with van der Waals surface area (Å²) in [6, 6.07) is 6.12. The van der Waals surface area contributed by atoms with Gasteiger partial charge in [0.1, 0.15) is 12.1 Å². The van der Waals surface area contributed by atoms with Gasteiger partial charge in [-0.25, -0.2) is 4.98 Å². The Morgan fingerprint density at radius 1 is 1.07 bits per heavy atom. The second-order valence-electron chi connectivity index (χ2n) is 12.4. The fourth-order valence-electron chi connectivity index (χ4n) is 5.34. The van der Waals surface area contributed by atoms with Crippen molar-refractivity contribution in [3.05, 3.63) is 41.0 Å². The van der Waals surface area contributed by atoms with Gasteiger partial charge in [0.15, 0.2) is 0 Å². The molecule has 1 aliphatic rings. The number of likely N-dealkylation sites (tertiary alicyclic amines) is 1. The molecule has 0 radical (unpaired) electrons. The van der Waals surface area contributed by atoms with Gasteiger partial charge in [-0.3, -0.25) is 14.4 Å². The SMILES string of the molecule is Cc1ncsc1-c1ccc([C@H](C)NC(=O)[C@@H]2C[C@@H](O)CN2C(=O)[C@@H](NC(=O)CCCCCCCCBr)C(C)(C)C)cc1. The number of nitrogens with one attached hydrogen (secondary N) is 2. The first kappa shape index (κ1) is 34.2. The van der Waals surface area contributed by atoms with E-state index in [4.69, 9.17) is 0 Å². The summed E-state index contributed by atoms with van der Waals surface area (Å²) in [5, 5.41) is 17.5. The van der Waals surface area contributed by atoms with Crippen molar-refractivity contribution in [3.63, 3.8) is 0 Å². The van der Waals surface area contributed by atoms with Crippen LogP contribution in [0.2, 0.25) is 0 Å². The number of nitrogens with zero attached hydrogens (tertiary/aromatic N) is 2. The fraction of sp³-hybridized carbons (Fsp3) is 0.625. The Bertz CT molecular complexity index is 1180. The van der Waals surface area contributed by atoms with Crippen LogP contribution in [0.4, 0.5) is 0 Å². The number of aliphatic hydroxyl groups is 1. The van der Waals surface area contributed by atoms with E-state index in [9.17, 15) is 19.5 Å². The van der Waals surface area contributed by atoms with Crippen LogP contribution in [0.5, 0.6) is 0 Å². The van der Waals surface area contributed by atoms with Gasteiger partial charge in [-0.2, -0.15) is 0 Å². The summed E-state index contributed by atoms with van der Waals surface area (Å²) in [7, 11) is 0. The molecule has 3 N–H and O–H groups in total. The number of aryl methyl sites for hydroxylation is 1. The number of benzene rings is 1. The number of hydrogen-bond donors (Lipinski definition) is 3. The number of amides is 3. The molecule has 2 aromatic rings. The van der Waals surface area contributed by atoms with E-state index in [2.05, 4.69) is 31.5 Å². The lowest BCUT2D eigenvalue weighted by atomic mass is 9.85. The lowest BCUT2D eigenvalue weighted by Gasteiger charge is -2.35. The maximum atomic E-state index is 13.8. The van der Waals surface area contributed by atoms with Crippen LogP contribution in [0.25, 0.3) is 10.4 Å². The first-order valence-electron chi connectivity index (χ1n) is 15.1. The van der Waals surface area contributed by atoms with E-state index in [1.807, 2.05) is 64.4 Å². The van der Waals surface area contributed by atoms with Crippen molar-refractivity contribution < 1.29 is 19.5 Å². The molecule has 1 aliphatic heterocycles. The van der Waals surface area contributed by atoms with Gasteiger partial charge >= 0.3 is 0 Å².